The largest absolute Gasteiger partial charge is 0.374 e. The summed E-state index contributed by atoms with van der Waals surface area (Å²) < 4.78 is 1.76. The van der Waals surface area contributed by atoms with E-state index in [4.69, 9.17) is 0 Å². The maximum absolute atomic E-state index is 11.0. The fourth-order valence-electron chi connectivity index (χ4n) is 2.22. The van der Waals surface area contributed by atoms with E-state index in [1.54, 1.807) is 25.5 Å². The predicted octanol–water partition coefficient (Wildman–Crippen LogP) is 0.937. The van der Waals surface area contributed by atoms with E-state index in [0.717, 1.165) is 17.5 Å². The van der Waals surface area contributed by atoms with Gasteiger partial charge in [-0.2, -0.15) is 0 Å². The molecular formula is C12H20N2O3. The summed E-state index contributed by atoms with van der Waals surface area (Å²) in [5.74, 6) is 0. The molecule has 1 heterocycles. The predicted molar refractivity (Wildman–Crippen MR) is 66.1 cm³/mol. The second-order valence-electron chi connectivity index (χ2n) is 4.29. The lowest BCUT2D eigenvalue weighted by molar-refractivity contribution is 0.104. The fraction of sp³-hybridized carbons (Fsp3) is 0.583. The van der Waals surface area contributed by atoms with Crippen LogP contribution in [0.5, 0.6) is 0 Å². The van der Waals surface area contributed by atoms with Crippen molar-refractivity contribution in [3.8, 4) is 0 Å². The molecule has 2 N–H and O–H groups in total. The number of hydrogen-bond donors (Lipinski definition) is 2. The van der Waals surface area contributed by atoms with Crippen LogP contribution in [-0.4, -0.2) is 33.5 Å². The van der Waals surface area contributed by atoms with Gasteiger partial charge < -0.3 is 19.7 Å². The van der Waals surface area contributed by atoms with Gasteiger partial charge in [0, 0.05) is 18.3 Å². The average molecular weight is 240 g/mol. The molecule has 0 aliphatic heterocycles. The molecule has 0 saturated carbocycles. The summed E-state index contributed by atoms with van der Waals surface area (Å²) in [5, 5.41) is 19.5. The number of aromatic nitrogens is 1. The van der Waals surface area contributed by atoms with Crippen LogP contribution in [0.15, 0.2) is 0 Å². The molecule has 0 aliphatic rings. The molecule has 0 fully saturated rings. The van der Waals surface area contributed by atoms with Crippen LogP contribution in [0.2, 0.25) is 0 Å². The summed E-state index contributed by atoms with van der Waals surface area (Å²) in [4.78, 5) is 12.5. The van der Waals surface area contributed by atoms with E-state index in [1.165, 1.54) is 4.90 Å². The maximum Gasteiger partial charge on any atom is 0.166 e. The standard InChI is InChI=1S/C12H20N2O3/c1-7-11(6-15)13(5)8(2)12(7)14(9(3)16)10(4)17/h6,9-10,16-17H,1-5H3. The number of anilines is 1. The molecule has 96 valence electrons. The number of hydrogen-bond acceptors (Lipinski definition) is 4. The van der Waals surface area contributed by atoms with Crippen LogP contribution in [0, 0.1) is 13.8 Å². The molecule has 1 aromatic heterocycles. The first-order valence-corrected chi connectivity index (χ1v) is 5.58. The highest BCUT2D eigenvalue weighted by atomic mass is 16.3. The molecule has 0 saturated heterocycles. The molecule has 0 amide bonds. The Kier molecular flexibility index (Phi) is 3.95. The molecule has 0 spiro atoms. The van der Waals surface area contributed by atoms with E-state index in [-0.39, 0.29) is 0 Å². The summed E-state index contributed by atoms with van der Waals surface area (Å²) in [6.45, 7) is 6.83. The smallest absolute Gasteiger partial charge is 0.166 e. The van der Waals surface area contributed by atoms with Gasteiger partial charge in [0.1, 0.15) is 12.5 Å². The average Bonchev–Trinajstić information content (AvgIpc) is 2.42. The highest BCUT2D eigenvalue weighted by molar-refractivity contribution is 5.81. The molecule has 0 aliphatic carbocycles. The van der Waals surface area contributed by atoms with Crippen molar-refractivity contribution in [1.82, 2.24) is 4.57 Å². The van der Waals surface area contributed by atoms with E-state index >= 15 is 0 Å². The van der Waals surface area contributed by atoms with E-state index < -0.39 is 12.5 Å². The van der Waals surface area contributed by atoms with E-state index in [2.05, 4.69) is 0 Å². The van der Waals surface area contributed by atoms with Crippen molar-refractivity contribution in [1.29, 1.82) is 0 Å². The Labute approximate surface area is 101 Å². The van der Waals surface area contributed by atoms with Gasteiger partial charge in [0.15, 0.2) is 6.29 Å². The number of aliphatic hydroxyl groups is 2. The Bertz CT molecular complexity index is 414. The number of nitrogens with zero attached hydrogens (tertiary/aromatic N) is 2. The quantitative estimate of drug-likeness (QED) is 0.607. The van der Waals surface area contributed by atoms with Crippen molar-refractivity contribution in [3.63, 3.8) is 0 Å². The fourth-order valence-corrected chi connectivity index (χ4v) is 2.22. The van der Waals surface area contributed by atoms with Crippen LogP contribution >= 0.6 is 0 Å². The van der Waals surface area contributed by atoms with Crippen molar-refractivity contribution < 1.29 is 15.0 Å². The summed E-state index contributed by atoms with van der Waals surface area (Å²) in [5.41, 5.74) is 2.87. The topological polar surface area (TPSA) is 65.7 Å². The van der Waals surface area contributed by atoms with Crippen molar-refractivity contribution in [3.05, 3.63) is 17.0 Å². The van der Waals surface area contributed by atoms with Crippen molar-refractivity contribution in [2.75, 3.05) is 4.90 Å². The molecule has 2 atom stereocenters. The first-order valence-electron chi connectivity index (χ1n) is 5.58. The van der Waals surface area contributed by atoms with Crippen LogP contribution in [0.3, 0.4) is 0 Å². The molecule has 0 radical (unpaired) electrons. The Morgan fingerprint density at radius 2 is 1.71 bits per heavy atom. The second-order valence-corrected chi connectivity index (χ2v) is 4.29. The Hall–Kier alpha value is -1.33. The number of aliphatic hydroxyl groups excluding tert-OH is 2. The van der Waals surface area contributed by atoms with Crippen LogP contribution in [0.4, 0.5) is 5.69 Å². The summed E-state index contributed by atoms with van der Waals surface area (Å²) >= 11 is 0. The van der Waals surface area contributed by atoms with Gasteiger partial charge in [-0.3, -0.25) is 4.79 Å². The zero-order valence-electron chi connectivity index (χ0n) is 10.9. The monoisotopic (exact) mass is 240 g/mol. The van der Waals surface area contributed by atoms with Crippen molar-refractivity contribution >= 4 is 12.0 Å². The molecule has 2 unspecified atom stereocenters. The molecule has 17 heavy (non-hydrogen) atoms. The lowest BCUT2D eigenvalue weighted by Crippen LogP contribution is -2.40. The molecule has 5 nitrogen and oxygen atoms in total. The van der Waals surface area contributed by atoms with Gasteiger partial charge >= 0.3 is 0 Å². The van der Waals surface area contributed by atoms with Gasteiger partial charge in [0.25, 0.3) is 0 Å². The van der Waals surface area contributed by atoms with Crippen LogP contribution < -0.4 is 4.90 Å². The van der Waals surface area contributed by atoms with Gasteiger partial charge in [-0.1, -0.05) is 0 Å². The van der Waals surface area contributed by atoms with Gasteiger partial charge in [0.05, 0.1) is 11.4 Å². The lowest BCUT2D eigenvalue weighted by atomic mass is 10.2. The molecule has 1 rings (SSSR count). The molecule has 5 heteroatoms. The molecule has 0 bridgehead atoms. The minimum atomic E-state index is -0.825. The lowest BCUT2D eigenvalue weighted by Gasteiger charge is -2.31. The number of carbonyl (C=O) groups excluding carboxylic acids is 1. The highest BCUT2D eigenvalue weighted by Gasteiger charge is 2.25. The number of rotatable bonds is 4. The van der Waals surface area contributed by atoms with Crippen molar-refractivity contribution in [2.45, 2.75) is 40.2 Å². The van der Waals surface area contributed by atoms with Crippen LogP contribution in [0.1, 0.15) is 35.6 Å². The Morgan fingerprint density at radius 3 is 2.00 bits per heavy atom. The van der Waals surface area contributed by atoms with E-state index in [9.17, 15) is 15.0 Å². The molecule has 0 aromatic carbocycles. The Balaban J connectivity index is 3.44. The van der Waals surface area contributed by atoms with Crippen molar-refractivity contribution in [2.24, 2.45) is 7.05 Å². The third-order valence-electron chi connectivity index (χ3n) is 3.12. The zero-order chi connectivity index (χ0) is 13.3. The van der Waals surface area contributed by atoms with Crippen LogP contribution in [-0.2, 0) is 7.05 Å². The Morgan fingerprint density at radius 1 is 1.24 bits per heavy atom. The van der Waals surface area contributed by atoms with E-state index in [1.807, 2.05) is 13.8 Å². The SMILES string of the molecule is Cc1c(N(C(C)O)C(C)O)c(C)n(C)c1C=O. The summed E-state index contributed by atoms with van der Waals surface area (Å²) in [6, 6.07) is 0. The first kappa shape index (κ1) is 13.7. The molecular weight excluding hydrogens is 220 g/mol. The van der Waals surface area contributed by atoms with Gasteiger partial charge in [-0.15, -0.1) is 0 Å². The minimum absolute atomic E-state index is 0.559. The second kappa shape index (κ2) is 4.89. The number of aldehydes is 1. The summed E-state index contributed by atoms with van der Waals surface area (Å²) in [7, 11) is 1.79. The maximum atomic E-state index is 11.0. The van der Waals surface area contributed by atoms with Gasteiger partial charge in [0.2, 0.25) is 0 Å². The normalized spacial score (nSPS) is 14.5. The minimum Gasteiger partial charge on any atom is -0.374 e. The third-order valence-corrected chi connectivity index (χ3v) is 3.12. The number of carbonyl (C=O) groups is 1. The van der Waals surface area contributed by atoms with Gasteiger partial charge in [-0.05, 0) is 27.7 Å². The highest BCUT2D eigenvalue weighted by Crippen LogP contribution is 2.31. The van der Waals surface area contributed by atoms with Crippen LogP contribution in [0.25, 0.3) is 0 Å². The van der Waals surface area contributed by atoms with E-state index in [0.29, 0.717) is 11.4 Å². The molecule has 1 aromatic rings. The third kappa shape index (κ3) is 2.21. The first-order chi connectivity index (χ1) is 7.82. The summed E-state index contributed by atoms with van der Waals surface area (Å²) in [6.07, 6.45) is -0.864. The zero-order valence-corrected chi connectivity index (χ0v) is 10.9. The van der Waals surface area contributed by atoms with Gasteiger partial charge in [-0.25, -0.2) is 0 Å².